The van der Waals surface area contributed by atoms with Crippen molar-refractivity contribution < 1.29 is 0 Å². The van der Waals surface area contributed by atoms with E-state index >= 15 is 0 Å². The molecule has 1 aliphatic rings. The van der Waals surface area contributed by atoms with Gasteiger partial charge in [0.1, 0.15) is 0 Å². The normalized spacial score (nSPS) is 24.5. The largest absolute Gasteiger partial charge is 0.322 e. The summed E-state index contributed by atoms with van der Waals surface area (Å²) in [7, 11) is 0. The summed E-state index contributed by atoms with van der Waals surface area (Å²) in [6, 6.07) is 4.43. The van der Waals surface area contributed by atoms with Gasteiger partial charge in [0.25, 0.3) is 0 Å². The van der Waals surface area contributed by atoms with E-state index < -0.39 is 0 Å². The van der Waals surface area contributed by atoms with Crippen LogP contribution in [0.3, 0.4) is 0 Å². The van der Waals surface area contributed by atoms with Crippen molar-refractivity contribution in [2.24, 2.45) is 11.7 Å². The van der Waals surface area contributed by atoms with Crippen LogP contribution in [0, 0.1) is 5.92 Å². The Balaban J connectivity index is 1.83. The van der Waals surface area contributed by atoms with E-state index in [-0.39, 0.29) is 6.04 Å². The number of nitrogens with two attached hydrogens (primary N) is 1. The first-order valence-corrected chi connectivity index (χ1v) is 6.69. The molecule has 2 rings (SSSR count). The molecule has 1 fully saturated rings. The maximum absolute atomic E-state index is 6.17. The molecule has 1 aliphatic heterocycles. The van der Waals surface area contributed by atoms with Gasteiger partial charge in [-0.3, -0.25) is 0 Å². The van der Waals surface area contributed by atoms with E-state index in [1.165, 1.54) is 30.8 Å². The van der Waals surface area contributed by atoms with Crippen molar-refractivity contribution in [2.45, 2.75) is 25.8 Å². The lowest BCUT2D eigenvalue weighted by atomic mass is 10.1. The average molecular weight is 224 g/mol. The van der Waals surface area contributed by atoms with Crippen molar-refractivity contribution in [3.8, 4) is 0 Å². The molecule has 15 heavy (non-hydrogen) atoms. The Hall–Kier alpha value is -0.380. The average Bonchev–Trinajstić information content (AvgIpc) is 2.87. The van der Waals surface area contributed by atoms with Crippen LogP contribution in [0.4, 0.5) is 0 Å². The van der Waals surface area contributed by atoms with Crippen LogP contribution in [-0.4, -0.2) is 24.5 Å². The molecule has 0 amide bonds. The molecule has 2 N–H and O–H groups in total. The number of hydrogen-bond donors (Lipinski definition) is 1. The summed E-state index contributed by atoms with van der Waals surface area (Å²) in [6.45, 7) is 5.79. The Kier molecular flexibility index (Phi) is 3.78. The summed E-state index contributed by atoms with van der Waals surface area (Å²) >= 11 is 1.77. The van der Waals surface area contributed by atoms with Crippen molar-refractivity contribution in [1.82, 2.24) is 4.90 Å². The minimum atomic E-state index is 0.209. The summed E-state index contributed by atoms with van der Waals surface area (Å²) in [5, 5.41) is 2.11. The standard InChI is InChI=1S/C12H20N2S/c1-2-10-5-6-14(8-10)9-11(13)12-4-3-7-15-12/h3-4,7,10-11H,2,5-6,8-9,13H2,1H3. The lowest BCUT2D eigenvalue weighted by Gasteiger charge is -2.19. The minimum Gasteiger partial charge on any atom is -0.322 e. The van der Waals surface area contributed by atoms with Gasteiger partial charge in [0.2, 0.25) is 0 Å². The highest BCUT2D eigenvalue weighted by molar-refractivity contribution is 7.10. The maximum Gasteiger partial charge on any atom is 0.0519 e. The van der Waals surface area contributed by atoms with E-state index in [0.717, 1.165) is 12.5 Å². The van der Waals surface area contributed by atoms with Crippen molar-refractivity contribution >= 4 is 11.3 Å². The molecule has 2 heterocycles. The molecule has 3 heteroatoms. The van der Waals surface area contributed by atoms with Gasteiger partial charge in [0.15, 0.2) is 0 Å². The number of likely N-dealkylation sites (tertiary alicyclic amines) is 1. The summed E-state index contributed by atoms with van der Waals surface area (Å²) in [6.07, 6.45) is 2.67. The second kappa shape index (κ2) is 5.10. The Morgan fingerprint density at radius 2 is 2.53 bits per heavy atom. The smallest absolute Gasteiger partial charge is 0.0519 e. The summed E-state index contributed by atoms with van der Waals surface area (Å²) in [5.74, 6) is 0.903. The highest BCUT2D eigenvalue weighted by Crippen LogP contribution is 2.23. The predicted octanol–water partition coefficient (Wildman–Crippen LogP) is 2.48. The molecule has 0 bridgehead atoms. The molecular weight excluding hydrogens is 204 g/mol. The third kappa shape index (κ3) is 2.80. The summed E-state index contributed by atoms with van der Waals surface area (Å²) in [4.78, 5) is 3.83. The van der Waals surface area contributed by atoms with Gasteiger partial charge in [-0.15, -0.1) is 11.3 Å². The van der Waals surface area contributed by atoms with E-state index in [2.05, 4.69) is 29.3 Å². The Labute approximate surface area is 96.1 Å². The molecule has 2 unspecified atom stereocenters. The molecule has 1 aromatic heterocycles. The van der Waals surface area contributed by atoms with Gasteiger partial charge in [-0.1, -0.05) is 19.4 Å². The van der Waals surface area contributed by atoms with Gasteiger partial charge in [0.05, 0.1) is 6.04 Å². The fraction of sp³-hybridized carbons (Fsp3) is 0.667. The van der Waals surface area contributed by atoms with Gasteiger partial charge in [-0.25, -0.2) is 0 Å². The fourth-order valence-corrected chi connectivity index (χ4v) is 3.00. The van der Waals surface area contributed by atoms with Crippen LogP contribution in [0.15, 0.2) is 17.5 Å². The number of rotatable bonds is 4. The van der Waals surface area contributed by atoms with E-state index in [1.807, 2.05) is 0 Å². The highest BCUT2D eigenvalue weighted by Gasteiger charge is 2.22. The van der Waals surface area contributed by atoms with Crippen LogP contribution < -0.4 is 5.73 Å². The fourth-order valence-electron chi connectivity index (χ4n) is 2.28. The first-order valence-electron chi connectivity index (χ1n) is 5.81. The molecule has 0 radical (unpaired) electrons. The molecule has 1 aromatic rings. The molecule has 1 saturated heterocycles. The maximum atomic E-state index is 6.17. The predicted molar refractivity (Wildman–Crippen MR) is 66.1 cm³/mol. The van der Waals surface area contributed by atoms with Crippen molar-refractivity contribution in [2.75, 3.05) is 19.6 Å². The van der Waals surface area contributed by atoms with Gasteiger partial charge in [-0.2, -0.15) is 0 Å². The first kappa shape index (κ1) is 11.1. The highest BCUT2D eigenvalue weighted by atomic mass is 32.1. The van der Waals surface area contributed by atoms with Gasteiger partial charge >= 0.3 is 0 Å². The zero-order valence-electron chi connectivity index (χ0n) is 9.36. The quantitative estimate of drug-likeness (QED) is 0.851. The topological polar surface area (TPSA) is 29.3 Å². The Bertz CT molecular complexity index is 284. The molecule has 0 aromatic carbocycles. The third-order valence-electron chi connectivity index (χ3n) is 3.31. The van der Waals surface area contributed by atoms with E-state index in [1.54, 1.807) is 11.3 Å². The Morgan fingerprint density at radius 1 is 1.67 bits per heavy atom. The van der Waals surface area contributed by atoms with Crippen LogP contribution >= 0.6 is 11.3 Å². The third-order valence-corrected chi connectivity index (χ3v) is 4.32. The summed E-state index contributed by atoms with van der Waals surface area (Å²) in [5.41, 5.74) is 6.17. The van der Waals surface area contributed by atoms with Crippen LogP contribution in [-0.2, 0) is 0 Å². The van der Waals surface area contributed by atoms with Crippen LogP contribution in [0.2, 0.25) is 0 Å². The lowest BCUT2D eigenvalue weighted by Crippen LogP contribution is -2.30. The molecule has 0 aliphatic carbocycles. The molecule has 2 atom stereocenters. The minimum absolute atomic E-state index is 0.209. The Morgan fingerprint density at radius 3 is 3.13 bits per heavy atom. The first-order chi connectivity index (χ1) is 7.29. The van der Waals surface area contributed by atoms with Crippen LogP contribution in [0.25, 0.3) is 0 Å². The summed E-state index contributed by atoms with van der Waals surface area (Å²) < 4.78 is 0. The second-order valence-corrected chi connectivity index (χ2v) is 5.42. The van der Waals surface area contributed by atoms with Crippen molar-refractivity contribution in [3.63, 3.8) is 0 Å². The van der Waals surface area contributed by atoms with Crippen LogP contribution in [0.5, 0.6) is 0 Å². The van der Waals surface area contributed by atoms with Crippen molar-refractivity contribution in [3.05, 3.63) is 22.4 Å². The molecule has 0 spiro atoms. The monoisotopic (exact) mass is 224 g/mol. The molecule has 2 nitrogen and oxygen atoms in total. The SMILES string of the molecule is CCC1CCN(CC(N)c2cccs2)C1. The molecule has 84 valence electrons. The van der Waals surface area contributed by atoms with Crippen LogP contribution in [0.1, 0.15) is 30.7 Å². The van der Waals surface area contributed by atoms with E-state index in [0.29, 0.717) is 0 Å². The van der Waals surface area contributed by atoms with Crippen molar-refractivity contribution in [1.29, 1.82) is 0 Å². The lowest BCUT2D eigenvalue weighted by molar-refractivity contribution is 0.303. The van der Waals surface area contributed by atoms with Gasteiger partial charge < -0.3 is 10.6 Å². The zero-order valence-corrected chi connectivity index (χ0v) is 10.2. The zero-order chi connectivity index (χ0) is 10.7. The number of nitrogens with zero attached hydrogens (tertiary/aromatic N) is 1. The number of thiophene rings is 1. The van der Waals surface area contributed by atoms with Gasteiger partial charge in [0, 0.05) is 18.0 Å². The molecular formula is C12H20N2S. The van der Waals surface area contributed by atoms with Gasteiger partial charge in [-0.05, 0) is 30.3 Å². The second-order valence-electron chi connectivity index (χ2n) is 4.44. The number of hydrogen-bond acceptors (Lipinski definition) is 3. The van der Waals surface area contributed by atoms with E-state index in [9.17, 15) is 0 Å². The van der Waals surface area contributed by atoms with E-state index in [4.69, 9.17) is 5.73 Å². The molecule has 0 saturated carbocycles.